The molecule has 0 N–H and O–H groups in total. The van der Waals surface area contributed by atoms with Crippen LogP contribution in [0, 0.1) is 13.8 Å². The Hall–Kier alpha value is -2.46. The number of aromatic nitrogens is 1. The van der Waals surface area contributed by atoms with E-state index in [1.165, 1.54) is 21.7 Å². The molecule has 4 rings (SSSR count). The summed E-state index contributed by atoms with van der Waals surface area (Å²) in [6, 6.07) is 21.6. The molecule has 0 fully saturated rings. The summed E-state index contributed by atoms with van der Waals surface area (Å²) < 4.78 is 5.44. The van der Waals surface area contributed by atoms with E-state index in [9.17, 15) is 0 Å². The molecule has 2 heterocycles. The molecule has 1 aliphatic rings. The number of methoxy groups -OCH3 is 1. The number of aryl methyl sites for hydroxylation is 2. The Balaban J connectivity index is 1.62. The molecule has 144 valence electrons. The van der Waals surface area contributed by atoms with Crippen molar-refractivity contribution in [1.29, 1.82) is 0 Å². The molecule has 1 aromatic heterocycles. The van der Waals surface area contributed by atoms with Gasteiger partial charge in [-0.3, -0.25) is 4.98 Å². The fourth-order valence-electron chi connectivity index (χ4n) is 3.81. The van der Waals surface area contributed by atoms with E-state index < -0.39 is 0 Å². The van der Waals surface area contributed by atoms with Gasteiger partial charge in [-0.05, 0) is 61.7 Å². The number of fused-ring (bicyclic) bond motifs is 1. The first-order valence-electron chi connectivity index (χ1n) is 9.72. The quantitative estimate of drug-likeness (QED) is 0.549. The van der Waals surface area contributed by atoms with Gasteiger partial charge in [0.1, 0.15) is 5.75 Å². The molecule has 3 nitrogen and oxygen atoms in total. The highest BCUT2D eigenvalue weighted by atomic mass is 32.2. The number of nitrogens with zero attached hydrogens (tertiary/aromatic N) is 2. The molecule has 0 amide bonds. The third-order valence-corrected chi connectivity index (χ3v) is 6.62. The standard InChI is InChI=1S/C24H26N2OS/c1-17-15-19(11-12-22(17)27-3)23-13-14-26(16-20-8-6-7-18(2)25-20)21-9-4-5-10-24(21)28-23/h4-12,15,23H,13-14,16H2,1-3H3/t23-/m1/s1. The molecule has 4 heteroatoms. The molecular weight excluding hydrogens is 364 g/mol. The number of ether oxygens (including phenoxy) is 1. The number of para-hydroxylation sites is 1. The molecule has 0 bridgehead atoms. The minimum Gasteiger partial charge on any atom is -0.496 e. The normalized spacial score (nSPS) is 16.4. The van der Waals surface area contributed by atoms with Crippen LogP contribution in [0.2, 0.25) is 0 Å². The molecule has 0 spiro atoms. The molecule has 0 unspecified atom stereocenters. The number of hydrogen-bond donors (Lipinski definition) is 0. The number of rotatable bonds is 4. The Labute approximate surface area is 171 Å². The van der Waals surface area contributed by atoms with Gasteiger partial charge in [0, 0.05) is 22.4 Å². The largest absolute Gasteiger partial charge is 0.496 e. The maximum atomic E-state index is 5.44. The van der Waals surface area contributed by atoms with Gasteiger partial charge in [-0.2, -0.15) is 0 Å². The van der Waals surface area contributed by atoms with Crippen LogP contribution in [0.15, 0.2) is 65.6 Å². The summed E-state index contributed by atoms with van der Waals surface area (Å²) >= 11 is 1.97. The van der Waals surface area contributed by atoms with Gasteiger partial charge in [-0.25, -0.2) is 0 Å². The van der Waals surface area contributed by atoms with E-state index in [0.29, 0.717) is 5.25 Å². The van der Waals surface area contributed by atoms with Crippen molar-refractivity contribution >= 4 is 17.4 Å². The Morgan fingerprint density at radius 2 is 1.93 bits per heavy atom. The van der Waals surface area contributed by atoms with E-state index >= 15 is 0 Å². The van der Waals surface area contributed by atoms with Crippen LogP contribution >= 0.6 is 11.8 Å². The number of thioether (sulfide) groups is 1. The van der Waals surface area contributed by atoms with Gasteiger partial charge < -0.3 is 9.64 Å². The number of anilines is 1. The SMILES string of the molecule is COc1ccc([C@H]2CCN(Cc3cccc(C)n3)c3ccccc3S2)cc1C. The highest BCUT2D eigenvalue weighted by Crippen LogP contribution is 2.45. The first-order chi connectivity index (χ1) is 13.6. The second-order valence-corrected chi connectivity index (χ2v) is 8.53. The predicted molar refractivity (Wildman–Crippen MR) is 117 cm³/mol. The lowest BCUT2D eigenvalue weighted by molar-refractivity contribution is 0.411. The van der Waals surface area contributed by atoms with Gasteiger partial charge in [0.2, 0.25) is 0 Å². The van der Waals surface area contributed by atoms with Gasteiger partial charge in [-0.15, -0.1) is 11.8 Å². The van der Waals surface area contributed by atoms with Crippen LogP contribution in [0.25, 0.3) is 0 Å². The van der Waals surface area contributed by atoms with Crippen molar-refractivity contribution < 1.29 is 4.74 Å². The third-order valence-electron chi connectivity index (χ3n) is 5.23. The van der Waals surface area contributed by atoms with Crippen molar-refractivity contribution in [2.75, 3.05) is 18.6 Å². The lowest BCUT2D eigenvalue weighted by Crippen LogP contribution is -2.24. The minimum atomic E-state index is 0.432. The summed E-state index contributed by atoms with van der Waals surface area (Å²) in [6.07, 6.45) is 1.09. The topological polar surface area (TPSA) is 25.4 Å². The molecule has 0 aliphatic carbocycles. The first-order valence-corrected chi connectivity index (χ1v) is 10.6. The van der Waals surface area contributed by atoms with Crippen LogP contribution in [0.1, 0.15) is 34.2 Å². The van der Waals surface area contributed by atoms with Crippen molar-refractivity contribution in [3.63, 3.8) is 0 Å². The van der Waals surface area contributed by atoms with Crippen LogP contribution in [-0.2, 0) is 6.54 Å². The third kappa shape index (κ3) is 4.02. The van der Waals surface area contributed by atoms with E-state index in [-0.39, 0.29) is 0 Å². The van der Waals surface area contributed by atoms with E-state index in [1.807, 2.05) is 11.8 Å². The summed E-state index contributed by atoms with van der Waals surface area (Å²) in [5.74, 6) is 0.954. The molecule has 2 aromatic carbocycles. The molecule has 0 saturated heterocycles. The van der Waals surface area contributed by atoms with Crippen molar-refractivity contribution in [2.45, 2.75) is 37.0 Å². The Morgan fingerprint density at radius 1 is 1.07 bits per heavy atom. The van der Waals surface area contributed by atoms with Gasteiger partial charge in [-0.1, -0.05) is 30.3 Å². The molecule has 0 radical (unpaired) electrons. The molecule has 3 aromatic rings. The van der Waals surface area contributed by atoms with Crippen LogP contribution in [0.5, 0.6) is 5.75 Å². The number of pyridine rings is 1. The van der Waals surface area contributed by atoms with E-state index in [0.717, 1.165) is 36.6 Å². The lowest BCUT2D eigenvalue weighted by atomic mass is 10.1. The Bertz CT molecular complexity index is 972. The zero-order valence-corrected chi connectivity index (χ0v) is 17.5. The van der Waals surface area contributed by atoms with Crippen molar-refractivity contribution in [3.8, 4) is 5.75 Å². The van der Waals surface area contributed by atoms with Gasteiger partial charge in [0.25, 0.3) is 0 Å². The van der Waals surface area contributed by atoms with Crippen molar-refractivity contribution in [1.82, 2.24) is 4.98 Å². The molecule has 1 atom stereocenters. The zero-order chi connectivity index (χ0) is 19.5. The van der Waals surface area contributed by atoms with Crippen LogP contribution in [0.4, 0.5) is 5.69 Å². The monoisotopic (exact) mass is 390 g/mol. The molecular formula is C24H26N2OS. The van der Waals surface area contributed by atoms with E-state index in [4.69, 9.17) is 9.72 Å². The Morgan fingerprint density at radius 3 is 2.71 bits per heavy atom. The minimum absolute atomic E-state index is 0.432. The summed E-state index contributed by atoms with van der Waals surface area (Å²) in [7, 11) is 1.73. The maximum Gasteiger partial charge on any atom is 0.121 e. The summed E-state index contributed by atoms with van der Waals surface area (Å²) in [5.41, 5.74) is 6.07. The fourth-order valence-corrected chi connectivity index (χ4v) is 5.10. The van der Waals surface area contributed by atoms with Crippen LogP contribution in [0.3, 0.4) is 0 Å². The predicted octanol–water partition coefficient (Wildman–Crippen LogP) is 5.95. The van der Waals surface area contributed by atoms with Crippen LogP contribution in [-0.4, -0.2) is 18.6 Å². The van der Waals surface area contributed by atoms with Gasteiger partial charge in [0.05, 0.1) is 25.0 Å². The first kappa shape index (κ1) is 18.9. The average Bonchev–Trinajstić information content (AvgIpc) is 2.88. The highest BCUT2D eigenvalue weighted by Gasteiger charge is 2.24. The highest BCUT2D eigenvalue weighted by molar-refractivity contribution is 7.99. The Kier molecular flexibility index (Phi) is 5.58. The summed E-state index contributed by atoms with van der Waals surface area (Å²) in [4.78, 5) is 8.53. The molecule has 0 saturated carbocycles. The number of hydrogen-bond acceptors (Lipinski definition) is 4. The number of benzene rings is 2. The summed E-state index contributed by atoms with van der Waals surface area (Å²) in [6.45, 7) is 6.02. The van der Waals surface area contributed by atoms with E-state index in [1.54, 1.807) is 7.11 Å². The van der Waals surface area contributed by atoms with Gasteiger partial charge >= 0.3 is 0 Å². The smallest absolute Gasteiger partial charge is 0.121 e. The van der Waals surface area contributed by atoms with Crippen LogP contribution < -0.4 is 9.64 Å². The lowest BCUT2D eigenvalue weighted by Gasteiger charge is -2.24. The van der Waals surface area contributed by atoms with Crippen molar-refractivity contribution in [2.24, 2.45) is 0 Å². The second-order valence-electron chi connectivity index (χ2n) is 7.28. The zero-order valence-electron chi connectivity index (χ0n) is 16.7. The molecule has 28 heavy (non-hydrogen) atoms. The fraction of sp³-hybridized carbons (Fsp3) is 0.292. The molecule has 1 aliphatic heterocycles. The van der Waals surface area contributed by atoms with E-state index in [2.05, 4.69) is 79.4 Å². The van der Waals surface area contributed by atoms with Gasteiger partial charge in [0.15, 0.2) is 0 Å². The average molecular weight is 391 g/mol. The maximum absolute atomic E-state index is 5.44. The van der Waals surface area contributed by atoms with Crippen molar-refractivity contribution in [3.05, 3.63) is 83.2 Å². The summed E-state index contributed by atoms with van der Waals surface area (Å²) in [5, 5.41) is 0.432. The second kappa shape index (κ2) is 8.27.